The van der Waals surface area contributed by atoms with E-state index >= 15 is 0 Å². The first-order valence-corrected chi connectivity index (χ1v) is 10.5. The van der Waals surface area contributed by atoms with Crippen molar-refractivity contribution in [2.45, 2.75) is 17.7 Å². The highest BCUT2D eigenvalue weighted by Crippen LogP contribution is 2.34. The second-order valence-electron chi connectivity index (χ2n) is 6.86. The number of rotatable bonds is 5. The van der Waals surface area contributed by atoms with E-state index in [9.17, 15) is 9.18 Å². The van der Waals surface area contributed by atoms with Crippen LogP contribution in [0.25, 0.3) is 0 Å². The first-order chi connectivity index (χ1) is 14.2. The molecular formula is C22H22FN3O2S. The molecule has 0 unspecified atom stereocenters. The van der Waals surface area contributed by atoms with E-state index in [2.05, 4.69) is 10.7 Å². The SMILES string of the molecule is O=C1N[C@H](CN2C=CC=CN2)CCS[C@@H]1c1cccc(Oc2ccc(F)cc2)c1. The van der Waals surface area contributed by atoms with Crippen molar-refractivity contribution in [3.63, 3.8) is 0 Å². The van der Waals surface area contributed by atoms with E-state index in [1.54, 1.807) is 23.9 Å². The van der Waals surface area contributed by atoms with Crippen LogP contribution in [0, 0.1) is 5.82 Å². The van der Waals surface area contributed by atoms with Gasteiger partial charge in [-0.25, -0.2) is 4.39 Å². The molecule has 0 aliphatic carbocycles. The van der Waals surface area contributed by atoms with Crippen molar-refractivity contribution in [2.75, 3.05) is 12.3 Å². The average Bonchev–Trinajstić information content (AvgIpc) is 2.91. The van der Waals surface area contributed by atoms with Crippen molar-refractivity contribution in [3.8, 4) is 11.5 Å². The Morgan fingerprint density at radius 3 is 2.79 bits per heavy atom. The van der Waals surface area contributed by atoms with Crippen molar-refractivity contribution < 1.29 is 13.9 Å². The fourth-order valence-electron chi connectivity index (χ4n) is 3.26. The molecule has 2 aromatic carbocycles. The minimum Gasteiger partial charge on any atom is -0.457 e. The molecular weight excluding hydrogens is 389 g/mol. The summed E-state index contributed by atoms with van der Waals surface area (Å²) in [6.07, 6.45) is 8.60. The Morgan fingerprint density at radius 2 is 2.00 bits per heavy atom. The zero-order chi connectivity index (χ0) is 20.1. The molecule has 2 aliphatic rings. The highest BCUT2D eigenvalue weighted by Gasteiger charge is 2.28. The van der Waals surface area contributed by atoms with Crippen LogP contribution in [0.15, 0.2) is 73.1 Å². The van der Waals surface area contributed by atoms with Gasteiger partial charge >= 0.3 is 0 Å². The molecule has 0 saturated carbocycles. The van der Waals surface area contributed by atoms with E-state index in [4.69, 9.17) is 4.74 Å². The van der Waals surface area contributed by atoms with Crippen LogP contribution in [0.1, 0.15) is 17.2 Å². The maximum atomic E-state index is 13.1. The number of halogens is 1. The number of benzene rings is 2. The maximum absolute atomic E-state index is 13.1. The molecule has 2 aromatic rings. The van der Waals surface area contributed by atoms with Crippen LogP contribution in [0.2, 0.25) is 0 Å². The van der Waals surface area contributed by atoms with Gasteiger partial charge in [0.2, 0.25) is 5.91 Å². The second-order valence-corrected chi connectivity index (χ2v) is 8.07. The zero-order valence-electron chi connectivity index (χ0n) is 15.8. The number of hydrazine groups is 1. The van der Waals surface area contributed by atoms with Crippen molar-refractivity contribution in [1.82, 2.24) is 15.8 Å². The van der Waals surface area contributed by atoms with Crippen molar-refractivity contribution in [1.29, 1.82) is 0 Å². The first kappa shape index (κ1) is 19.4. The molecule has 0 aromatic heterocycles. The summed E-state index contributed by atoms with van der Waals surface area (Å²) < 4.78 is 18.9. The largest absolute Gasteiger partial charge is 0.457 e. The highest BCUT2D eigenvalue weighted by atomic mass is 32.2. The molecule has 1 saturated heterocycles. The van der Waals surface area contributed by atoms with Crippen LogP contribution in [0.4, 0.5) is 4.39 Å². The van der Waals surface area contributed by atoms with Gasteiger partial charge in [-0.2, -0.15) is 0 Å². The first-order valence-electron chi connectivity index (χ1n) is 9.49. The molecule has 0 bridgehead atoms. The van der Waals surface area contributed by atoms with Crippen LogP contribution < -0.4 is 15.5 Å². The minimum atomic E-state index is -0.307. The normalized spacial score (nSPS) is 21.3. The van der Waals surface area contributed by atoms with Gasteiger partial charge in [0.1, 0.15) is 22.6 Å². The Labute approximate surface area is 173 Å². The Hall–Kier alpha value is -2.93. The lowest BCUT2D eigenvalue weighted by Crippen LogP contribution is -2.45. The molecule has 1 fully saturated rings. The molecule has 1 amide bonds. The van der Waals surface area contributed by atoms with Gasteiger partial charge in [-0.3, -0.25) is 9.80 Å². The Bertz CT molecular complexity index is 917. The minimum absolute atomic E-state index is 0.00737. The number of nitrogens with zero attached hydrogens (tertiary/aromatic N) is 1. The summed E-state index contributed by atoms with van der Waals surface area (Å²) in [7, 11) is 0. The third-order valence-corrected chi connectivity index (χ3v) is 5.97. The number of thioether (sulfide) groups is 1. The molecule has 7 heteroatoms. The van der Waals surface area contributed by atoms with Gasteiger partial charge in [-0.05, 0) is 66.3 Å². The third kappa shape index (κ3) is 5.12. The molecule has 2 N–H and O–H groups in total. The summed E-state index contributed by atoms with van der Waals surface area (Å²) >= 11 is 1.64. The fraction of sp³-hybridized carbons (Fsp3) is 0.227. The van der Waals surface area contributed by atoms with E-state index in [1.165, 1.54) is 12.1 Å². The van der Waals surface area contributed by atoms with Crippen LogP contribution in [0.3, 0.4) is 0 Å². The number of carbonyl (C=O) groups excluding carboxylic acids is 1. The molecule has 2 atom stereocenters. The average molecular weight is 412 g/mol. The molecule has 5 nitrogen and oxygen atoms in total. The van der Waals surface area contributed by atoms with E-state index in [1.807, 2.05) is 53.8 Å². The second kappa shape index (κ2) is 9.05. The maximum Gasteiger partial charge on any atom is 0.237 e. The Morgan fingerprint density at radius 1 is 1.14 bits per heavy atom. The van der Waals surface area contributed by atoms with Gasteiger partial charge in [0, 0.05) is 18.4 Å². The number of hydrogen-bond donors (Lipinski definition) is 2. The quantitative estimate of drug-likeness (QED) is 0.775. The lowest BCUT2D eigenvalue weighted by atomic mass is 10.1. The fourth-order valence-corrected chi connectivity index (χ4v) is 4.47. The van der Waals surface area contributed by atoms with Gasteiger partial charge in [-0.1, -0.05) is 12.1 Å². The van der Waals surface area contributed by atoms with E-state index < -0.39 is 0 Å². The molecule has 0 spiro atoms. The highest BCUT2D eigenvalue weighted by molar-refractivity contribution is 8.00. The van der Waals surface area contributed by atoms with Gasteiger partial charge in [0.25, 0.3) is 0 Å². The van der Waals surface area contributed by atoms with Crippen molar-refractivity contribution in [3.05, 3.63) is 84.5 Å². The number of carbonyl (C=O) groups is 1. The zero-order valence-corrected chi connectivity index (χ0v) is 16.6. The van der Waals surface area contributed by atoms with Crippen molar-refractivity contribution >= 4 is 17.7 Å². The monoisotopic (exact) mass is 411 g/mol. The Balaban J connectivity index is 1.42. The summed E-state index contributed by atoms with van der Waals surface area (Å²) in [5.41, 5.74) is 4.04. The molecule has 2 heterocycles. The van der Waals surface area contributed by atoms with E-state index in [0.29, 0.717) is 18.0 Å². The van der Waals surface area contributed by atoms with Crippen LogP contribution in [-0.2, 0) is 4.79 Å². The van der Waals surface area contributed by atoms with Gasteiger partial charge in [0.05, 0.1) is 6.54 Å². The number of hydrogen-bond acceptors (Lipinski definition) is 5. The van der Waals surface area contributed by atoms with E-state index in [0.717, 1.165) is 17.7 Å². The number of ether oxygens (including phenoxy) is 1. The molecule has 2 aliphatic heterocycles. The summed E-state index contributed by atoms with van der Waals surface area (Å²) in [6, 6.07) is 13.5. The smallest absolute Gasteiger partial charge is 0.237 e. The number of amides is 1. The Kier molecular flexibility index (Phi) is 6.05. The predicted octanol–water partition coefficient (Wildman–Crippen LogP) is 4.13. The summed E-state index contributed by atoms with van der Waals surface area (Å²) in [4.78, 5) is 12.9. The lowest BCUT2D eigenvalue weighted by molar-refractivity contribution is -0.121. The topological polar surface area (TPSA) is 53.6 Å². The molecule has 0 radical (unpaired) electrons. The van der Waals surface area contributed by atoms with Gasteiger partial charge in [0.15, 0.2) is 0 Å². The standard InChI is InChI=1S/C22H22FN3O2S/c23-17-6-8-19(9-7-17)28-20-5-3-4-16(14-20)21-22(27)25-18(10-13-29-21)15-26-12-2-1-11-24-26/h1-9,11-12,14,18,21,24H,10,13,15H2,(H,25,27)/t18-,21+/m0/s1. The van der Waals surface area contributed by atoms with Crippen molar-refractivity contribution in [2.24, 2.45) is 0 Å². The number of nitrogens with one attached hydrogen (secondary N) is 2. The lowest BCUT2D eigenvalue weighted by Gasteiger charge is -2.27. The van der Waals surface area contributed by atoms with Gasteiger partial charge in [-0.15, -0.1) is 11.8 Å². The molecule has 150 valence electrons. The molecule has 4 rings (SSSR count). The predicted molar refractivity (Wildman–Crippen MR) is 113 cm³/mol. The number of allylic oxidation sites excluding steroid dienone is 2. The molecule has 29 heavy (non-hydrogen) atoms. The van der Waals surface area contributed by atoms with E-state index in [-0.39, 0.29) is 23.0 Å². The summed E-state index contributed by atoms with van der Waals surface area (Å²) in [5.74, 6) is 1.76. The summed E-state index contributed by atoms with van der Waals surface area (Å²) in [5, 5.41) is 4.84. The van der Waals surface area contributed by atoms with Crippen LogP contribution in [0.5, 0.6) is 11.5 Å². The third-order valence-electron chi connectivity index (χ3n) is 4.68. The summed E-state index contributed by atoms with van der Waals surface area (Å²) in [6.45, 7) is 0.702. The van der Waals surface area contributed by atoms with Gasteiger partial charge < -0.3 is 15.5 Å². The van der Waals surface area contributed by atoms with Crippen LogP contribution in [-0.4, -0.2) is 29.3 Å². The van der Waals surface area contributed by atoms with Crippen LogP contribution >= 0.6 is 11.8 Å².